The fraction of sp³-hybridized carbons (Fsp3) is 0.300. The molecule has 2 aliphatic carbocycles. The molecule has 5 rings (SSSR count). The number of aliphatic carboxylic acids is 1. The van der Waals surface area contributed by atoms with Crippen LogP contribution in [0.3, 0.4) is 0 Å². The van der Waals surface area contributed by atoms with Crippen LogP contribution in [0.4, 0.5) is 5.69 Å². The second-order valence-electron chi connectivity index (χ2n) is 7.78. The first kappa shape index (κ1) is 23.1. The van der Waals surface area contributed by atoms with E-state index < -0.39 is 27.9 Å². The molecule has 1 heterocycles. The first-order chi connectivity index (χ1) is 14.8. The van der Waals surface area contributed by atoms with E-state index in [1.165, 1.54) is 6.07 Å². The number of nitrogens with two attached hydrogens (primary N) is 1. The summed E-state index contributed by atoms with van der Waals surface area (Å²) in [5.41, 5.74) is 1.45. The van der Waals surface area contributed by atoms with E-state index in [0.29, 0.717) is 29.7 Å². The van der Waals surface area contributed by atoms with Gasteiger partial charge in [0.25, 0.3) is 0 Å². The molecule has 170 valence electrons. The van der Waals surface area contributed by atoms with Crippen LogP contribution in [-0.2, 0) is 34.1 Å². The molecular formula is C20H17Cl3N2O6S. The van der Waals surface area contributed by atoms with Gasteiger partial charge in [-0.3, -0.25) is 4.79 Å². The Kier molecular flexibility index (Phi) is 5.62. The first-order valence-corrected chi connectivity index (χ1v) is 12.0. The predicted octanol–water partition coefficient (Wildman–Crippen LogP) is 3.08. The average molecular weight is 520 g/mol. The Morgan fingerprint density at radius 1 is 1.12 bits per heavy atom. The number of hydrogen-bond acceptors (Lipinski definition) is 6. The van der Waals surface area contributed by atoms with Gasteiger partial charge in [-0.15, -0.1) is 0 Å². The number of carbonyl (C=O) groups excluding carboxylic acids is 1. The topological polar surface area (TPSA) is 127 Å². The van der Waals surface area contributed by atoms with Gasteiger partial charge in [-0.2, -0.15) is 0 Å². The van der Waals surface area contributed by atoms with E-state index in [4.69, 9.17) is 44.7 Å². The number of halogens is 3. The fourth-order valence-corrected chi connectivity index (χ4v) is 6.35. The van der Waals surface area contributed by atoms with Crippen LogP contribution in [0.1, 0.15) is 32.6 Å². The summed E-state index contributed by atoms with van der Waals surface area (Å²) >= 11 is 19.1. The minimum absolute atomic E-state index is 0.0223. The minimum Gasteiger partial charge on any atom is -0.478 e. The molecule has 8 nitrogen and oxygen atoms in total. The average Bonchev–Trinajstić information content (AvgIpc) is 3.13. The molecule has 0 saturated carbocycles. The standard InChI is InChI=1S/C20H17Cl3N2O6S/c1-25(2)16-8-3-4-9(14(16)22)19(32(24,29)30)12(8)17(26)10-5-7-6-11(20(27)28)31-18(7)15(23)13(10)21/h5,11H,3-4,6H2,1-2H3,(H,27,28)(H2,24,29,30). The Bertz CT molecular complexity index is 1320. The largest absolute Gasteiger partial charge is 0.478 e. The Hall–Kier alpha value is -2.04. The van der Waals surface area contributed by atoms with Crippen LogP contribution in [0, 0.1) is 0 Å². The number of sulfonamides is 1. The molecule has 0 saturated heterocycles. The maximum absolute atomic E-state index is 13.7. The van der Waals surface area contributed by atoms with E-state index in [0.717, 1.165) is 0 Å². The van der Waals surface area contributed by atoms with Crippen molar-refractivity contribution in [2.75, 3.05) is 19.0 Å². The van der Waals surface area contributed by atoms with Crippen molar-refractivity contribution < 1.29 is 27.9 Å². The van der Waals surface area contributed by atoms with Crippen molar-refractivity contribution in [2.45, 2.75) is 30.3 Å². The van der Waals surface area contributed by atoms with Gasteiger partial charge in [-0.05, 0) is 30.0 Å². The third-order valence-electron chi connectivity index (χ3n) is 5.57. The van der Waals surface area contributed by atoms with Crippen molar-refractivity contribution in [3.63, 3.8) is 0 Å². The number of rotatable bonds is 5. The van der Waals surface area contributed by atoms with E-state index in [-0.39, 0.29) is 48.8 Å². The SMILES string of the molecule is CN(C)c1c(Cl)c2c(S(N)(=O)=O)c(C(=O)c3cc4c(c(Cl)c3Cl)OC(C(=O)O)C4)c1CC2. The number of carboxylic acids is 1. The van der Waals surface area contributed by atoms with Gasteiger partial charge in [0.15, 0.2) is 11.9 Å². The van der Waals surface area contributed by atoms with Crippen LogP contribution < -0.4 is 14.8 Å². The third-order valence-corrected chi connectivity index (χ3v) is 7.85. The lowest BCUT2D eigenvalue weighted by Crippen LogP contribution is -2.28. The summed E-state index contributed by atoms with van der Waals surface area (Å²) in [7, 11) is -0.851. The highest BCUT2D eigenvalue weighted by Gasteiger charge is 2.39. The summed E-state index contributed by atoms with van der Waals surface area (Å²) in [6.45, 7) is 0. The number of anilines is 1. The molecule has 1 unspecified atom stereocenters. The maximum atomic E-state index is 13.7. The summed E-state index contributed by atoms with van der Waals surface area (Å²) < 4.78 is 30.3. The quantitative estimate of drug-likeness (QED) is 0.581. The van der Waals surface area contributed by atoms with E-state index in [1.807, 2.05) is 0 Å². The summed E-state index contributed by atoms with van der Waals surface area (Å²) in [5.74, 6) is -1.80. The van der Waals surface area contributed by atoms with Crippen molar-refractivity contribution in [2.24, 2.45) is 5.14 Å². The van der Waals surface area contributed by atoms with Crippen molar-refractivity contribution in [3.8, 4) is 5.75 Å². The zero-order chi connectivity index (χ0) is 23.7. The molecule has 0 aromatic heterocycles. The van der Waals surface area contributed by atoms with E-state index in [1.54, 1.807) is 19.0 Å². The molecule has 3 aliphatic rings. The molecular weight excluding hydrogens is 503 g/mol. The van der Waals surface area contributed by atoms with E-state index in [2.05, 4.69) is 0 Å². The molecule has 0 fully saturated rings. The van der Waals surface area contributed by atoms with Crippen molar-refractivity contribution in [1.29, 1.82) is 0 Å². The second-order valence-corrected chi connectivity index (χ2v) is 10.4. The molecule has 3 N–H and O–H groups in total. The number of carbonyl (C=O) groups is 2. The highest BCUT2D eigenvalue weighted by Crippen LogP contribution is 2.47. The monoisotopic (exact) mass is 518 g/mol. The molecule has 0 amide bonds. The zero-order valence-electron chi connectivity index (χ0n) is 16.8. The molecule has 0 spiro atoms. The predicted molar refractivity (Wildman–Crippen MR) is 120 cm³/mol. The van der Waals surface area contributed by atoms with Crippen LogP contribution >= 0.6 is 34.8 Å². The highest BCUT2D eigenvalue weighted by molar-refractivity contribution is 7.89. The Balaban J connectivity index is 1.98. The molecule has 2 aromatic carbocycles. The molecule has 12 heteroatoms. The van der Waals surface area contributed by atoms with Gasteiger partial charge in [0.05, 0.1) is 20.6 Å². The lowest BCUT2D eigenvalue weighted by molar-refractivity contribution is -0.144. The van der Waals surface area contributed by atoms with Gasteiger partial charge >= 0.3 is 5.97 Å². The Morgan fingerprint density at radius 2 is 1.75 bits per heavy atom. The lowest BCUT2D eigenvalue weighted by Gasteiger charge is -2.30. The van der Waals surface area contributed by atoms with Crippen LogP contribution in [0.2, 0.25) is 15.1 Å². The summed E-state index contributed by atoms with van der Waals surface area (Å²) in [6.07, 6.45) is -0.479. The third kappa shape index (κ3) is 3.43. The van der Waals surface area contributed by atoms with Crippen molar-refractivity contribution >= 4 is 62.3 Å². The Morgan fingerprint density at radius 3 is 2.31 bits per heavy atom. The number of primary sulfonamides is 1. The number of ketones is 1. The number of benzene rings is 2. The first-order valence-electron chi connectivity index (χ1n) is 9.36. The Labute approximate surface area is 198 Å². The number of ether oxygens (including phenoxy) is 1. The second kappa shape index (κ2) is 7.78. The highest BCUT2D eigenvalue weighted by atomic mass is 35.5. The van der Waals surface area contributed by atoms with Crippen LogP contribution in [0.5, 0.6) is 5.75 Å². The van der Waals surface area contributed by atoms with Gasteiger partial charge in [-0.1, -0.05) is 34.8 Å². The summed E-state index contributed by atoms with van der Waals surface area (Å²) in [6, 6.07) is 1.39. The van der Waals surface area contributed by atoms with Gasteiger partial charge < -0.3 is 14.7 Å². The number of hydrogen-bond donors (Lipinski definition) is 2. The van der Waals surface area contributed by atoms with Gasteiger partial charge in [0.2, 0.25) is 10.0 Å². The number of nitrogens with zero attached hydrogens (tertiary/aromatic N) is 1. The van der Waals surface area contributed by atoms with Crippen LogP contribution in [-0.4, -0.2) is 45.5 Å². The van der Waals surface area contributed by atoms with Gasteiger partial charge in [0, 0.05) is 37.2 Å². The molecule has 32 heavy (non-hydrogen) atoms. The lowest BCUT2D eigenvalue weighted by atomic mass is 9.84. The van der Waals surface area contributed by atoms with E-state index >= 15 is 0 Å². The maximum Gasteiger partial charge on any atom is 0.345 e. The van der Waals surface area contributed by atoms with Crippen LogP contribution in [0.15, 0.2) is 11.0 Å². The molecule has 0 radical (unpaired) electrons. The van der Waals surface area contributed by atoms with Crippen molar-refractivity contribution in [3.05, 3.63) is 49.0 Å². The number of carboxylic acid groups (broad SMARTS) is 1. The van der Waals surface area contributed by atoms with E-state index in [9.17, 15) is 23.1 Å². The zero-order valence-corrected chi connectivity index (χ0v) is 19.9. The molecule has 2 bridgehead atoms. The van der Waals surface area contributed by atoms with Crippen molar-refractivity contribution in [1.82, 2.24) is 0 Å². The van der Waals surface area contributed by atoms with Crippen LogP contribution in [0.25, 0.3) is 0 Å². The number of fused-ring (bicyclic) bond motifs is 4. The van der Waals surface area contributed by atoms with Gasteiger partial charge in [0.1, 0.15) is 10.8 Å². The normalized spacial score (nSPS) is 16.6. The summed E-state index contributed by atoms with van der Waals surface area (Å²) in [4.78, 5) is 26.4. The minimum atomic E-state index is -4.31. The molecule has 1 atom stereocenters. The smallest absolute Gasteiger partial charge is 0.345 e. The molecule has 2 aromatic rings. The van der Waals surface area contributed by atoms with Gasteiger partial charge in [-0.25, -0.2) is 18.4 Å². The molecule has 1 aliphatic heterocycles. The fourth-order valence-electron chi connectivity index (χ4n) is 4.28. The summed E-state index contributed by atoms with van der Waals surface area (Å²) in [5, 5.41) is 14.7.